The van der Waals surface area contributed by atoms with Gasteiger partial charge < -0.3 is 24.2 Å². The summed E-state index contributed by atoms with van der Waals surface area (Å²) < 4.78 is 16.4. The zero-order valence-electron chi connectivity index (χ0n) is 19.9. The molecule has 1 aromatic carbocycles. The van der Waals surface area contributed by atoms with Crippen LogP contribution in [0.3, 0.4) is 0 Å². The van der Waals surface area contributed by atoms with Crippen LogP contribution in [0.15, 0.2) is 35.7 Å². The lowest BCUT2D eigenvalue weighted by Crippen LogP contribution is -2.48. The number of aryl methyl sites for hydroxylation is 1. The van der Waals surface area contributed by atoms with E-state index in [0.717, 1.165) is 24.2 Å². The number of carbonyl (C=O) groups excluding carboxylic acids is 1. The van der Waals surface area contributed by atoms with Gasteiger partial charge in [-0.05, 0) is 54.5 Å². The molecule has 1 amide bonds. The van der Waals surface area contributed by atoms with Gasteiger partial charge in [0.1, 0.15) is 12.4 Å². The highest BCUT2D eigenvalue weighted by Gasteiger charge is 2.33. The van der Waals surface area contributed by atoms with Crippen LogP contribution in [0.25, 0.3) is 0 Å². The summed E-state index contributed by atoms with van der Waals surface area (Å²) in [6, 6.07) is 9.97. The second-order valence-electron chi connectivity index (χ2n) is 8.47. The van der Waals surface area contributed by atoms with Gasteiger partial charge in [0.2, 0.25) is 5.91 Å². The van der Waals surface area contributed by atoms with E-state index in [-0.39, 0.29) is 25.1 Å². The fourth-order valence-corrected chi connectivity index (χ4v) is 5.18. The van der Waals surface area contributed by atoms with Gasteiger partial charge in [0.05, 0.1) is 25.3 Å². The van der Waals surface area contributed by atoms with E-state index in [1.165, 1.54) is 10.4 Å². The number of aliphatic hydroxyl groups is 1. The molecule has 7 nitrogen and oxygen atoms in total. The average Bonchev–Trinajstić information content (AvgIpc) is 3.27. The molecule has 1 aliphatic rings. The summed E-state index contributed by atoms with van der Waals surface area (Å²) in [5.41, 5.74) is 2.32. The van der Waals surface area contributed by atoms with Crippen LogP contribution in [0.4, 0.5) is 0 Å². The Balaban J connectivity index is 1.70. The summed E-state index contributed by atoms with van der Waals surface area (Å²) in [6.07, 6.45) is 1.00. The standard InChI is InChI=1S/C25H36N2O5S/c1-19-6-4-7-21(14-19)32-18-23-22-9-13-33-24(22)8-11-27(23)25(29)16-26(10-5-12-30-2)15-20(28)17-31-3/h4,6-7,9,13-14,20,23,28H,5,8,10-12,15-18H2,1-3H3/t20-,23+/m0/s1. The van der Waals surface area contributed by atoms with E-state index in [2.05, 4.69) is 11.4 Å². The van der Waals surface area contributed by atoms with Gasteiger partial charge in [0.25, 0.3) is 0 Å². The normalized spacial score (nSPS) is 16.6. The van der Waals surface area contributed by atoms with E-state index in [1.54, 1.807) is 25.6 Å². The second kappa shape index (κ2) is 13.1. The smallest absolute Gasteiger partial charge is 0.237 e. The molecule has 182 valence electrons. The van der Waals surface area contributed by atoms with Gasteiger partial charge in [-0.2, -0.15) is 0 Å². The van der Waals surface area contributed by atoms with Crippen LogP contribution < -0.4 is 4.74 Å². The molecule has 1 aliphatic heterocycles. The third-order valence-electron chi connectivity index (χ3n) is 5.82. The van der Waals surface area contributed by atoms with Crippen molar-refractivity contribution in [2.24, 2.45) is 0 Å². The van der Waals surface area contributed by atoms with Gasteiger partial charge in [-0.15, -0.1) is 11.3 Å². The van der Waals surface area contributed by atoms with Crippen LogP contribution in [-0.4, -0.2) is 87.1 Å². The average molecular weight is 477 g/mol. The molecule has 2 atom stereocenters. The van der Waals surface area contributed by atoms with Crippen LogP contribution >= 0.6 is 11.3 Å². The molecule has 3 rings (SSSR count). The van der Waals surface area contributed by atoms with Crippen molar-refractivity contribution in [3.05, 3.63) is 51.7 Å². The minimum absolute atomic E-state index is 0.0479. The first kappa shape index (κ1) is 25.6. The maximum atomic E-state index is 13.5. The number of nitrogens with zero attached hydrogens (tertiary/aromatic N) is 2. The quantitative estimate of drug-likeness (QED) is 0.448. The van der Waals surface area contributed by atoms with Crippen LogP contribution in [0, 0.1) is 6.92 Å². The van der Waals surface area contributed by atoms with Gasteiger partial charge in [-0.1, -0.05) is 12.1 Å². The predicted octanol–water partition coefficient (Wildman–Crippen LogP) is 2.91. The molecule has 0 radical (unpaired) electrons. The number of methoxy groups -OCH3 is 2. The molecule has 0 saturated carbocycles. The first-order chi connectivity index (χ1) is 16.0. The minimum Gasteiger partial charge on any atom is -0.491 e. The summed E-state index contributed by atoms with van der Waals surface area (Å²) in [7, 11) is 3.23. The zero-order chi connectivity index (χ0) is 23.6. The van der Waals surface area contributed by atoms with E-state index in [1.807, 2.05) is 41.0 Å². The highest BCUT2D eigenvalue weighted by atomic mass is 32.1. The van der Waals surface area contributed by atoms with Crippen molar-refractivity contribution in [3.8, 4) is 5.75 Å². The van der Waals surface area contributed by atoms with Crippen molar-refractivity contribution in [2.75, 3.05) is 60.2 Å². The molecule has 2 heterocycles. The monoisotopic (exact) mass is 476 g/mol. The van der Waals surface area contributed by atoms with Gasteiger partial charge in [0, 0.05) is 45.3 Å². The van der Waals surface area contributed by atoms with E-state index in [4.69, 9.17) is 14.2 Å². The molecule has 0 aliphatic carbocycles. The maximum absolute atomic E-state index is 13.5. The van der Waals surface area contributed by atoms with Crippen LogP contribution in [0.5, 0.6) is 5.75 Å². The molecule has 0 bridgehead atoms. The predicted molar refractivity (Wildman–Crippen MR) is 130 cm³/mol. The van der Waals surface area contributed by atoms with Gasteiger partial charge in [-0.25, -0.2) is 0 Å². The fraction of sp³-hybridized carbons (Fsp3) is 0.560. The summed E-state index contributed by atoms with van der Waals surface area (Å²) in [6.45, 7) is 5.26. The van der Waals surface area contributed by atoms with E-state index in [9.17, 15) is 9.90 Å². The summed E-state index contributed by atoms with van der Waals surface area (Å²) >= 11 is 1.74. The molecular weight excluding hydrogens is 440 g/mol. The van der Waals surface area contributed by atoms with E-state index in [0.29, 0.717) is 32.8 Å². The molecule has 0 saturated heterocycles. The highest BCUT2D eigenvalue weighted by Crippen LogP contribution is 2.34. The number of ether oxygens (including phenoxy) is 3. The summed E-state index contributed by atoms with van der Waals surface area (Å²) in [4.78, 5) is 18.7. The Morgan fingerprint density at radius 2 is 2.15 bits per heavy atom. The van der Waals surface area contributed by atoms with Crippen molar-refractivity contribution in [2.45, 2.75) is 31.9 Å². The molecule has 1 aromatic heterocycles. The van der Waals surface area contributed by atoms with Crippen molar-refractivity contribution in [3.63, 3.8) is 0 Å². The van der Waals surface area contributed by atoms with Gasteiger partial charge >= 0.3 is 0 Å². The van der Waals surface area contributed by atoms with Crippen molar-refractivity contribution in [1.29, 1.82) is 0 Å². The third-order valence-corrected chi connectivity index (χ3v) is 6.82. The minimum atomic E-state index is -0.643. The highest BCUT2D eigenvalue weighted by molar-refractivity contribution is 7.10. The van der Waals surface area contributed by atoms with Crippen molar-refractivity contribution < 1.29 is 24.1 Å². The molecule has 8 heteroatoms. The molecular formula is C25H36N2O5S. The second-order valence-corrected chi connectivity index (χ2v) is 9.47. The topological polar surface area (TPSA) is 71.5 Å². The third kappa shape index (κ3) is 7.52. The molecule has 0 fully saturated rings. The van der Waals surface area contributed by atoms with Gasteiger partial charge in [0.15, 0.2) is 0 Å². The Labute approximate surface area is 200 Å². The summed E-state index contributed by atoms with van der Waals surface area (Å²) in [5.74, 6) is 0.861. The number of aliphatic hydroxyl groups excluding tert-OH is 1. The Morgan fingerprint density at radius 1 is 1.30 bits per heavy atom. The van der Waals surface area contributed by atoms with E-state index < -0.39 is 6.10 Å². The Kier molecular flexibility index (Phi) is 10.1. The fourth-order valence-electron chi connectivity index (χ4n) is 4.25. The lowest BCUT2D eigenvalue weighted by Gasteiger charge is -2.37. The number of benzene rings is 1. The van der Waals surface area contributed by atoms with Crippen LogP contribution in [0.1, 0.15) is 28.5 Å². The molecule has 33 heavy (non-hydrogen) atoms. The molecule has 0 unspecified atom stereocenters. The molecule has 1 N–H and O–H groups in total. The van der Waals surface area contributed by atoms with Gasteiger partial charge in [-0.3, -0.25) is 9.69 Å². The zero-order valence-corrected chi connectivity index (χ0v) is 20.7. The first-order valence-electron chi connectivity index (χ1n) is 11.4. The van der Waals surface area contributed by atoms with Crippen LogP contribution in [-0.2, 0) is 20.7 Å². The number of fused-ring (bicyclic) bond motifs is 1. The number of thiophene rings is 1. The Bertz CT molecular complexity index is 874. The molecule has 2 aromatic rings. The lowest BCUT2D eigenvalue weighted by atomic mass is 10.0. The van der Waals surface area contributed by atoms with E-state index >= 15 is 0 Å². The van der Waals surface area contributed by atoms with Crippen LogP contribution in [0.2, 0.25) is 0 Å². The van der Waals surface area contributed by atoms with Crippen molar-refractivity contribution >= 4 is 17.2 Å². The number of rotatable bonds is 13. The SMILES string of the molecule is COCCCN(CC(=O)N1CCc2sccc2[C@H]1COc1cccc(C)c1)C[C@H](O)COC. The lowest BCUT2D eigenvalue weighted by molar-refractivity contribution is -0.136. The molecule has 0 spiro atoms. The number of hydrogen-bond donors (Lipinski definition) is 1. The maximum Gasteiger partial charge on any atom is 0.237 e. The Hall–Kier alpha value is -1.97. The number of hydrogen-bond acceptors (Lipinski definition) is 7. The largest absolute Gasteiger partial charge is 0.491 e. The first-order valence-corrected chi connectivity index (χ1v) is 12.3. The summed E-state index contributed by atoms with van der Waals surface area (Å²) in [5, 5.41) is 12.3. The Morgan fingerprint density at radius 3 is 2.91 bits per heavy atom. The number of amides is 1. The van der Waals surface area contributed by atoms with Crippen molar-refractivity contribution in [1.82, 2.24) is 9.80 Å². The number of carbonyl (C=O) groups is 1.